The van der Waals surface area contributed by atoms with Crippen LogP contribution < -0.4 is 10.6 Å². The predicted molar refractivity (Wildman–Crippen MR) is 100.0 cm³/mol. The minimum Gasteiger partial charge on any atom is -0.322 e. The Morgan fingerprint density at radius 3 is 2.37 bits per heavy atom. The van der Waals surface area contributed by atoms with Gasteiger partial charge in [0.15, 0.2) is 5.78 Å². The van der Waals surface area contributed by atoms with Gasteiger partial charge in [0.1, 0.15) is 5.70 Å². The third-order valence-corrected chi connectivity index (χ3v) is 3.47. The Morgan fingerprint density at radius 2 is 1.74 bits per heavy atom. The highest BCUT2D eigenvalue weighted by Crippen LogP contribution is 2.17. The van der Waals surface area contributed by atoms with Crippen LogP contribution in [0.15, 0.2) is 54.2 Å². The van der Waals surface area contributed by atoms with Gasteiger partial charge in [0.2, 0.25) is 5.91 Å². The Balaban J connectivity index is 2.32. The molecule has 0 aliphatic heterocycles. The summed E-state index contributed by atoms with van der Waals surface area (Å²) in [5.74, 6) is -1.25. The molecule has 2 amide bonds. The molecule has 2 N–H and O–H groups in total. The van der Waals surface area contributed by atoms with E-state index >= 15 is 0 Å². The van der Waals surface area contributed by atoms with Gasteiger partial charge in [0.25, 0.3) is 11.6 Å². The molecule has 2 rings (SSSR count). The number of carbonyl (C=O) groups is 3. The lowest BCUT2D eigenvalue weighted by atomic mass is 10.1. The first-order valence-electron chi connectivity index (χ1n) is 7.92. The molecule has 0 radical (unpaired) electrons. The van der Waals surface area contributed by atoms with Gasteiger partial charge >= 0.3 is 0 Å². The number of nitrogens with zero attached hydrogens (tertiary/aromatic N) is 1. The molecule has 27 heavy (non-hydrogen) atoms. The lowest BCUT2D eigenvalue weighted by Gasteiger charge is -2.10. The smallest absolute Gasteiger partial charge is 0.272 e. The Kier molecular flexibility index (Phi) is 6.16. The number of carbonyl (C=O) groups excluding carboxylic acids is 3. The summed E-state index contributed by atoms with van der Waals surface area (Å²) in [7, 11) is 0. The van der Waals surface area contributed by atoms with Crippen LogP contribution in [0.2, 0.25) is 0 Å². The molecule has 0 saturated carbocycles. The van der Waals surface area contributed by atoms with Crippen LogP contribution in [0.1, 0.15) is 29.8 Å². The summed E-state index contributed by atoms with van der Waals surface area (Å²) >= 11 is 0. The minimum atomic E-state index is -0.627. The highest BCUT2D eigenvalue weighted by molar-refractivity contribution is 6.09. The van der Waals surface area contributed by atoms with E-state index in [0.29, 0.717) is 16.8 Å². The topological polar surface area (TPSA) is 118 Å². The summed E-state index contributed by atoms with van der Waals surface area (Å²) < 4.78 is 0. The molecule has 0 spiro atoms. The fourth-order valence-corrected chi connectivity index (χ4v) is 2.26. The van der Waals surface area contributed by atoms with Gasteiger partial charge in [-0.25, -0.2) is 0 Å². The van der Waals surface area contributed by atoms with Gasteiger partial charge in [-0.05, 0) is 30.7 Å². The van der Waals surface area contributed by atoms with E-state index in [9.17, 15) is 24.5 Å². The van der Waals surface area contributed by atoms with E-state index in [1.807, 2.05) is 0 Å². The van der Waals surface area contributed by atoms with Crippen LogP contribution in [0.3, 0.4) is 0 Å². The maximum atomic E-state index is 12.5. The Bertz CT molecular complexity index is 950. The maximum absolute atomic E-state index is 12.5. The van der Waals surface area contributed by atoms with Crippen molar-refractivity contribution >= 4 is 35.0 Å². The molecule has 8 nitrogen and oxygen atoms in total. The monoisotopic (exact) mass is 367 g/mol. The molecule has 2 aromatic rings. The molecule has 0 atom stereocenters. The highest BCUT2D eigenvalue weighted by atomic mass is 16.6. The van der Waals surface area contributed by atoms with Gasteiger partial charge in [-0.2, -0.15) is 0 Å². The molecule has 8 heteroatoms. The van der Waals surface area contributed by atoms with Crippen LogP contribution in [-0.4, -0.2) is 22.5 Å². The van der Waals surface area contributed by atoms with E-state index in [1.54, 1.807) is 24.3 Å². The van der Waals surface area contributed by atoms with Gasteiger partial charge < -0.3 is 10.6 Å². The summed E-state index contributed by atoms with van der Waals surface area (Å²) in [5, 5.41) is 15.9. The van der Waals surface area contributed by atoms with Crippen molar-refractivity contribution in [1.29, 1.82) is 0 Å². The molecular formula is C19H17N3O5. The van der Waals surface area contributed by atoms with Gasteiger partial charge in [-0.1, -0.05) is 24.3 Å². The maximum Gasteiger partial charge on any atom is 0.272 e. The van der Waals surface area contributed by atoms with Crippen LogP contribution in [0.4, 0.5) is 11.4 Å². The van der Waals surface area contributed by atoms with Crippen molar-refractivity contribution in [2.75, 3.05) is 5.32 Å². The number of nitro benzene ring substituents is 1. The Hall–Kier alpha value is -3.81. The van der Waals surface area contributed by atoms with Crippen molar-refractivity contribution < 1.29 is 19.3 Å². The van der Waals surface area contributed by atoms with Crippen molar-refractivity contribution in [3.8, 4) is 0 Å². The zero-order chi connectivity index (χ0) is 20.0. The van der Waals surface area contributed by atoms with Crippen LogP contribution in [0.5, 0.6) is 0 Å². The molecule has 0 aliphatic carbocycles. The fraction of sp³-hybridized carbons (Fsp3) is 0.105. The normalized spacial score (nSPS) is 10.8. The van der Waals surface area contributed by atoms with Gasteiger partial charge in [-0.15, -0.1) is 0 Å². The second-order valence-electron chi connectivity index (χ2n) is 5.68. The predicted octanol–water partition coefficient (Wildman–Crippen LogP) is 2.91. The number of ketones is 1. The largest absolute Gasteiger partial charge is 0.322 e. The number of hydrogen-bond acceptors (Lipinski definition) is 5. The molecule has 0 aliphatic rings. The second-order valence-corrected chi connectivity index (χ2v) is 5.68. The van der Waals surface area contributed by atoms with E-state index in [0.717, 1.165) is 0 Å². The zero-order valence-corrected chi connectivity index (χ0v) is 14.7. The molecule has 0 heterocycles. The molecule has 0 fully saturated rings. The van der Waals surface area contributed by atoms with Crippen LogP contribution in [0.25, 0.3) is 6.08 Å². The van der Waals surface area contributed by atoms with Gasteiger partial charge in [0.05, 0.1) is 4.92 Å². The third kappa shape index (κ3) is 5.60. The number of Topliss-reactive ketones (excluding diaryl/α,β-unsaturated/α-hetero) is 1. The summed E-state index contributed by atoms with van der Waals surface area (Å²) in [5.41, 5.74) is 0.955. The van der Waals surface area contributed by atoms with Crippen molar-refractivity contribution in [2.45, 2.75) is 13.8 Å². The Morgan fingerprint density at radius 1 is 1.04 bits per heavy atom. The first kappa shape index (κ1) is 19.5. The zero-order valence-electron chi connectivity index (χ0n) is 14.7. The van der Waals surface area contributed by atoms with Crippen molar-refractivity contribution in [3.63, 3.8) is 0 Å². The molecule has 0 unspecified atom stereocenters. The first-order chi connectivity index (χ1) is 12.8. The van der Waals surface area contributed by atoms with Crippen LogP contribution >= 0.6 is 0 Å². The molecule has 0 aromatic heterocycles. The standard InChI is InChI=1S/C19H17N3O5/c1-12(23)15-6-4-7-16(11-15)21-19(25)18(20-13(2)24)10-14-5-3-8-17(9-14)22(26)27/h3-11H,1-2H3,(H,20,24)(H,21,25)/b18-10-. The van der Waals surface area contributed by atoms with Crippen molar-refractivity contribution in [2.24, 2.45) is 0 Å². The van der Waals surface area contributed by atoms with Crippen LogP contribution in [-0.2, 0) is 9.59 Å². The third-order valence-electron chi connectivity index (χ3n) is 3.47. The number of hydrogen-bond donors (Lipinski definition) is 2. The van der Waals surface area contributed by atoms with Crippen LogP contribution in [0, 0.1) is 10.1 Å². The highest BCUT2D eigenvalue weighted by Gasteiger charge is 2.13. The minimum absolute atomic E-state index is 0.0868. The summed E-state index contributed by atoms with van der Waals surface area (Å²) in [6, 6.07) is 12.0. The fourth-order valence-electron chi connectivity index (χ4n) is 2.26. The summed E-state index contributed by atoms with van der Waals surface area (Å²) in [6.07, 6.45) is 1.33. The number of anilines is 1. The summed E-state index contributed by atoms with van der Waals surface area (Å²) in [6.45, 7) is 2.65. The number of nitro groups is 1. The van der Waals surface area contributed by atoms with E-state index in [1.165, 1.54) is 44.2 Å². The van der Waals surface area contributed by atoms with E-state index in [4.69, 9.17) is 0 Å². The van der Waals surface area contributed by atoms with E-state index in [2.05, 4.69) is 10.6 Å². The molecular weight excluding hydrogens is 350 g/mol. The SMILES string of the molecule is CC(=O)N/C(=C\c1cccc([N+](=O)[O-])c1)C(=O)Nc1cccc(C(C)=O)c1. The average molecular weight is 367 g/mol. The van der Waals surface area contributed by atoms with E-state index < -0.39 is 16.7 Å². The first-order valence-corrected chi connectivity index (χ1v) is 7.92. The quantitative estimate of drug-likeness (QED) is 0.352. The lowest BCUT2D eigenvalue weighted by Crippen LogP contribution is -2.29. The number of non-ortho nitro benzene ring substituents is 1. The molecule has 2 aromatic carbocycles. The van der Waals surface area contributed by atoms with E-state index in [-0.39, 0.29) is 17.2 Å². The van der Waals surface area contributed by atoms with Crippen molar-refractivity contribution in [1.82, 2.24) is 5.32 Å². The number of amides is 2. The number of rotatable bonds is 6. The van der Waals surface area contributed by atoms with Gasteiger partial charge in [-0.3, -0.25) is 24.5 Å². The van der Waals surface area contributed by atoms with Crippen molar-refractivity contribution in [3.05, 3.63) is 75.5 Å². The molecule has 0 bridgehead atoms. The van der Waals surface area contributed by atoms with Gasteiger partial charge in [0, 0.05) is 30.3 Å². The Labute approximate surface area is 155 Å². The lowest BCUT2D eigenvalue weighted by molar-refractivity contribution is -0.384. The summed E-state index contributed by atoms with van der Waals surface area (Å²) in [4.78, 5) is 45.8. The number of benzene rings is 2. The molecule has 138 valence electrons. The average Bonchev–Trinajstić information content (AvgIpc) is 2.61. The molecule has 0 saturated heterocycles. The number of nitrogens with one attached hydrogen (secondary N) is 2. The second kappa shape index (κ2) is 8.52.